The number of hydrogen-bond acceptors (Lipinski definition) is 2. The van der Waals surface area contributed by atoms with Crippen molar-refractivity contribution in [3.63, 3.8) is 0 Å². The Hall–Kier alpha value is -0.510. The molecule has 0 saturated carbocycles. The first-order valence-corrected chi connectivity index (χ1v) is 3.22. The number of rotatable bonds is 1. The molecular weight excluding hydrogens is 144 g/mol. The van der Waals surface area contributed by atoms with E-state index in [1.54, 1.807) is 6.92 Å². The largest absolute Gasteiger partial charge is 0.289 e. The number of alkyl halides is 2. The summed E-state index contributed by atoms with van der Waals surface area (Å²) in [6, 6.07) is 0. The molecule has 1 aromatic heterocycles. The number of hydrogen-bond donors (Lipinski definition) is 0. The van der Waals surface area contributed by atoms with Gasteiger partial charge in [0.15, 0.2) is 5.01 Å². The normalized spacial score (nSPS) is 10.7. The molecule has 1 rings (SSSR count). The summed E-state index contributed by atoms with van der Waals surface area (Å²) >= 11 is 1.03. The zero-order valence-electron chi connectivity index (χ0n) is 4.77. The zero-order chi connectivity index (χ0) is 6.85. The second kappa shape index (κ2) is 2.39. The van der Waals surface area contributed by atoms with Gasteiger partial charge in [-0.3, -0.25) is 0 Å². The summed E-state index contributed by atoms with van der Waals surface area (Å²) in [5.41, 5.74) is 0. The predicted molar refractivity (Wildman–Crippen MR) is 31.8 cm³/mol. The van der Waals surface area contributed by atoms with Crippen LogP contribution < -0.4 is 0 Å². The summed E-state index contributed by atoms with van der Waals surface area (Å²) in [6.45, 7) is 1.75. The first-order chi connectivity index (χ1) is 4.20. The maximum absolute atomic E-state index is 11.7. The highest BCUT2D eigenvalue weighted by Gasteiger charge is 2.09. The summed E-state index contributed by atoms with van der Waals surface area (Å²) in [5.74, 6) is 0. The van der Waals surface area contributed by atoms with Crippen LogP contribution >= 0.6 is 11.3 Å². The molecule has 0 aliphatic rings. The van der Waals surface area contributed by atoms with Crippen molar-refractivity contribution in [3.8, 4) is 0 Å². The Labute approximate surface area is 55.4 Å². The van der Waals surface area contributed by atoms with Gasteiger partial charge in [-0.05, 0) is 6.92 Å². The molecule has 1 heterocycles. The quantitative estimate of drug-likeness (QED) is 0.597. The van der Waals surface area contributed by atoms with Crippen LogP contribution in [0.2, 0.25) is 0 Å². The van der Waals surface area contributed by atoms with Gasteiger partial charge in [0.05, 0.1) is 0 Å². The van der Waals surface area contributed by atoms with Crippen molar-refractivity contribution < 1.29 is 8.78 Å². The Kier molecular flexibility index (Phi) is 1.75. The van der Waals surface area contributed by atoms with E-state index in [1.807, 2.05) is 0 Å². The molecule has 0 atom stereocenters. The van der Waals surface area contributed by atoms with Gasteiger partial charge < -0.3 is 0 Å². The summed E-state index contributed by atoms with van der Waals surface area (Å²) in [4.78, 5) is 4.31. The second-order valence-corrected chi connectivity index (χ2v) is 2.88. The molecule has 1 nitrogen and oxygen atoms in total. The molecule has 0 radical (unpaired) electrons. The molecule has 0 aromatic carbocycles. The smallest absolute Gasteiger partial charge is 0.243 e. The Balaban J connectivity index is 2.85. The average Bonchev–Trinajstić information content (AvgIpc) is 2.14. The molecule has 0 aliphatic carbocycles. The molecule has 0 saturated heterocycles. The van der Waals surface area contributed by atoms with Gasteiger partial charge in [0.2, 0.25) is 0 Å². The number of aryl methyl sites for hydroxylation is 1. The van der Waals surface area contributed by atoms with E-state index in [-0.39, 0.29) is 5.01 Å². The SMILES string of the molecule is Cc1cnc(C(F)F)s1. The molecule has 0 amide bonds. The topological polar surface area (TPSA) is 12.9 Å². The summed E-state index contributed by atoms with van der Waals surface area (Å²) < 4.78 is 23.5. The summed E-state index contributed by atoms with van der Waals surface area (Å²) in [7, 11) is 0. The number of nitrogens with zero attached hydrogens (tertiary/aromatic N) is 1. The van der Waals surface area contributed by atoms with E-state index < -0.39 is 6.43 Å². The van der Waals surface area contributed by atoms with Crippen LogP contribution in [0, 0.1) is 6.92 Å². The summed E-state index contributed by atoms with van der Waals surface area (Å²) in [5, 5.41) is -0.0903. The Bertz CT molecular complexity index is 197. The maximum atomic E-state index is 11.7. The zero-order valence-corrected chi connectivity index (χ0v) is 5.58. The van der Waals surface area contributed by atoms with Crippen molar-refractivity contribution in [2.75, 3.05) is 0 Å². The van der Waals surface area contributed by atoms with Crippen LogP contribution in [-0.2, 0) is 0 Å². The molecule has 0 aliphatic heterocycles. The van der Waals surface area contributed by atoms with Gasteiger partial charge in [-0.1, -0.05) is 0 Å². The Morgan fingerprint density at radius 2 is 2.33 bits per heavy atom. The third-order valence-corrected chi connectivity index (χ3v) is 1.75. The fraction of sp³-hybridized carbons (Fsp3) is 0.400. The Morgan fingerprint density at radius 1 is 1.67 bits per heavy atom. The van der Waals surface area contributed by atoms with E-state index in [2.05, 4.69) is 4.98 Å². The van der Waals surface area contributed by atoms with E-state index in [4.69, 9.17) is 0 Å². The lowest BCUT2D eigenvalue weighted by Crippen LogP contribution is -1.77. The highest BCUT2D eigenvalue weighted by molar-refractivity contribution is 7.11. The van der Waals surface area contributed by atoms with Gasteiger partial charge in [0, 0.05) is 11.1 Å². The van der Waals surface area contributed by atoms with E-state index in [1.165, 1.54) is 6.20 Å². The van der Waals surface area contributed by atoms with E-state index >= 15 is 0 Å². The van der Waals surface area contributed by atoms with Gasteiger partial charge in [-0.15, -0.1) is 11.3 Å². The number of thiazole rings is 1. The minimum absolute atomic E-state index is 0.0903. The van der Waals surface area contributed by atoms with Crippen LogP contribution in [-0.4, -0.2) is 4.98 Å². The monoisotopic (exact) mass is 149 g/mol. The molecule has 1 aromatic rings. The molecule has 9 heavy (non-hydrogen) atoms. The second-order valence-electron chi connectivity index (χ2n) is 1.61. The molecule has 0 bridgehead atoms. The third-order valence-electron chi connectivity index (χ3n) is 0.826. The van der Waals surface area contributed by atoms with Crippen LogP contribution in [0.5, 0.6) is 0 Å². The molecule has 0 unspecified atom stereocenters. The van der Waals surface area contributed by atoms with Gasteiger partial charge in [0.1, 0.15) is 0 Å². The standard InChI is InChI=1S/C5H5F2NS/c1-3-2-8-5(9-3)4(6)7/h2,4H,1H3. The minimum atomic E-state index is -2.41. The van der Waals surface area contributed by atoms with Crippen LogP contribution in [0.15, 0.2) is 6.20 Å². The molecule has 4 heteroatoms. The lowest BCUT2D eigenvalue weighted by molar-refractivity contribution is 0.151. The van der Waals surface area contributed by atoms with Crippen molar-refractivity contribution in [2.45, 2.75) is 13.3 Å². The first-order valence-electron chi connectivity index (χ1n) is 2.40. The van der Waals surface area contributed by atoms with Gasteiger partial charge in [0.25, 0.3) is 6.43 Å². The maximum Gasteiger partial charge on any atom is 0.289 e. The Morgan fingerprint density at radius 3 is 2.56 bits per heavy atom. The number of aromatic nitrogens is 1. The minimum Gasteiger partial charge on any atom is -0.243 e. The van der Waals surface area contributed by atoms with Gasteiger partial charge in [-0.25, -0.2) is 13.8 Å². The summed E-state index contributed by atoms with van der Waals surface area (Å²) in [6.07, 6.45) is -0.963. The highest BCUT2D eigenvalue weighted by Crippen LogP contribution is 2.22. The highest BCUT2D eigenvalue weighted by atomic mass is 32.1. The van der Waals surface area contributed by atoms with Crippen LogP contribution in [0.4, 0.5) is 8.78 Å². The van der Waals surface area contributed by atoms with Crippen LogP contribution in [0.25, 0.3) is 0 Å². The van der Waals surface area contributed by atoms with Crippen LogP contribution in [0.1, 0.15) is 16.3 Å². The van der Waals surface area contributed by atoms with E-state index in [9.17, 15) is 8.78 Å². The van der Waals surface area contributed by atoms with Crippen molar-refractivity contribution in [2.24, 2.45) is 0 Å². The fourth-order valence-electron chi connectivity index (χ4n) is 0.473. The fourth-order valence-corrected chi connectivity index (χ4v) is 1.10. The lowest BCUT2D eigenvalue weighted by Gasteiger charge is -1.86. The van der Waals surface area contributed by atoms with E-state index in [0.29, 0.717) is 0 Å². The van der Waals surface area contributed by atoms with E-state index in [0.717, 1.165) is 16.2 Å². The van der Waals surface area contributed by atoms with Crippen LogP contribution in [0.3, 0.4) is 0 Å². The van der Waals surface area contributed by atoms with Gasteiger partial charge >= 0.3 is 0 Å². The molecule has 50 valence electrons. The third kappa shape index (κ3) is 1.45. The van der Waals surface area contributed by atoms with Crippen molar-refractivity contribution >= 4 is 11.3 Å². The number of halogens is 2. The van der Waals surface area contributed by atoms with Crippen molar-refractivity contribution in [1.29, 1.82) is 0 Å². The van der Waals surface area contributed by atoms with Crippen molar-refractivity contribution in [3.05, 3.63) is 16.1 Å². The lowest BCUT2D eigenvalue weighted by atomic mass is 10.6. The average molecular weight is 149 g/mol. The molecular formula is C5H5F2NS. The molecule has 0 N–H and O–H groups in total. The molecule has 0 spiro atoms. The molecule has 0 fully saturated rings. The van der Waals surface area contributed by atoms with Crippen molar-refractivity contribution in [1.82, 2.24) is 4.98 Å². The first kappa shape index (κ1) is 6.61. The van der Waals surface area contributed by atoms with Gasteiger partial charge in [-0.2, -0.15) is 0 Å². The predicted octanol–water partition coefficient (Wildman–Crippen LogP) is 2.39.